The van der Waals surface area contributed by atoms with Crippen LogP contribution in [-0.4, -0.2) is 23.4 Å². The number of aryl methyl sites for hydroxylation is 1. The minimum atomic E-state index is -0.887. The summed E-state index contributed by atoms with van der Waals surface area (Å²) in [6.45, 7) is 10.6. The molecular formula is C28H29NO5. The van der Waals surface area contributed by atoms with Gasteiger partial charge in [-0.25, -0.2) is 0 Å². The number of hydrogen-bond donors (Lipinski definition) is 1. The van der Waals surface area contributed by atoms with Gasteiger partial charge in [-0.15, -0.1) is 0 Å². The molecule has 0 saturated carbocycles. The number of rotatable bonds is 5. The lowest BCUT2D eigenvalue weighted by molar-refractivity contribution is -0.132. The molecule has 4 rings (SSSR count). The molecule has 1 aromatic heterocycles. The second-order valence-corrected chi connectivity index (χ2v) is 9.39. The number of ketones is 1. The van der Waals surface area contributed by atoms with Crippen molar-refractivity contribution in [3.63, 3.8) is 0 Å². The molecule has 0 radical (unpaired) electrons. The standard InChI is InChI=1S/C28H29NO5/c1-6-33-21-14-9-18(16-17(21)2)25(30)23-24(22-8-7-15-34-22)29(27(32)26(23)31)20-12-10-19(11-13-20)28(3,4)5/h7-16,24,30H,6H2,1-5H3/b25-23-. The van der Waals surface area contributed by atoms with Crippen LogP contribution >= 0.6 is 0 Å². The quantitative estimate of drug-likeness (QED) is 0.291. The summed E-state index contributed by atoms with van der Waals surface area (Å²) in [5.74, 6) is -0.636. The molecule has 1 fully saturated rings. The summed E-state index contributed by atoms with van der Waals surface area (Å²) in [7, 11) is 0. The first-order chi connectivity index (χ1) is 16.1. The fourth-order valence-electron chi connectivity index (χ4n) is 4.21. The normalized spacial score (nSPS) is 17.9. The van der Waals surface area contributed by atoms with Crippen molar-refractivity contribution < 1.29 is 23.8 Å². The Morgan fingerprint density at radius 1 is 1.09 bits per heavy atom. The Hall–Kier alpha value is -3.80. The Morgan fingerprint density at radius 3 is 2.35 bits per heavy atom. The van der Waals surface area contributed by atoms with Gasteiger partial charge >= 0.3 is 0 Å². The maximum Gasteiger partial charge on any atom is 0.300 e. The number of carbonyl (C=O) groups excluding carboxylic acids is 2. The lowest BCUT2D eigenvalue weighted by atomic mass is 9.87. The minimum absolute atomic E-state index is 0.0107. The summed E-state index contributed by atoms with van der Waals surface area (Å²) in [5.41, 5.74) is 2.83. The van der Waals surface area contributed by atoms with Gasteiger partial charge in [0.05, 0.1) is 18.4 Å². The average Bonchev–Trinajstić information content (AvgIpc) is 3.41. The van der Waals surface area contributed by atoms with E-state index in [1.807, 2.05) is 38.1 Å². The zero-order chi connectivity index (χ0) is 24.6. The van der Waals surface area contributed by atoms with Crippen LogP contribution in [0.1, 0.15) is 56.2 Å². The third-order valence-electron chi connectivity index (χ3n) is 6.02. The molecule has 6 heteroatoms. The second kappa shape index (κ2) is 8.86. The first-order valence-corrected chi connectivity index (χ1v) is 11.3. The highest BCUT2D eigenvalue weighted by Gasteiger charge is 2.48. The summed E-state index contributed by atoms with van der Waals surface area (Å²) in [6, 6.07) is 15.2. The van der Waals surface area contributed by atoms with Crippen LogP contribution in [0.3, 0.4) is 0 Å². The molecule has 0 bridgehead atoms. The molecule has 2 heterocycles. The summed E-state index contributed by atoms with van der Waals surface area (Å²) >= 11 is 0. The molecule has 1 N–H and O–H groups in total. The molecular weight excluding hydrogens is 430 g/mol. The number of benzene rings is 2. The largest absolute Gasteiger partial charge is 0.507 e. The van der Waals surface area contributed by atoms with E-state index in [0.717, 1.165) is 11.1 Å². The van der Waals surface area contributed by atoms with Gasteiger partial charge in [0.15, 0.2) is 0 Å². The number of carbonyl (C=O) groups is 2. The van der Waals surface area contributed by atoms with Crippen LogP contribution in [0.4, 0.5) is 5.69 Å². The number of amides is 1. The Bertz CT molecular complexity index is 1250. The van der Waals surface area contributed by atoms with Gasteiger partial charge in [-0.1, -0.05) is 32.9 Å². The number of Topliss-reactive ketones (excluding diaryl/α,β-unsaturated/α-hetero) is 1. The van der Waals surface area contributed by atoms with Gasteiger partial charge in [0.25, 0.3) is 11.7 Å². The van der Waals surface area contributed by atoms with Gasteiger partial charge in [-0.3, -0.25) is 14.5 Å². The van der Waals surface area contributed by atoms with Gasteiger partial charge in [0, 0.05) is 11.3 Å². The molecule has 3 aromatic rings. The second-order valence-electron chi connectivity index (χ2n) is 9.39. The highest BCUT2D eigenvalue weighted by atomic mass is 16.5. The molecule has 2 aromatic carbocycles. The number of nitrogens with zero attached hydrogens (tertiary/aromatic N) is 1. The van der Waals surface area contributed by atoms with Gasteiger partial charge in [0.1, 0.15) is 23.3 Å². The first kappa shape index (κ1) is 23.4. The Balaban J connectivity index is 1.84. The van der Waals surface area contributed by atoms with Crippen molar-refractivity contribution in [1.82, 2.24) is 0 Å². The smallest absolute Gasteiger partial charge is 0.300 e. The van der Waals surface area contributed by atoms with Crippen LogP contribution in [0.15, 0.2) is 70.9 Å². The van der Waals surface area contributed by atoms with E-state index in [9.17, 15) is 14.7 Å². The highest BCUT2D eigenvalue weighted by molar-refractivity contribution is 6.51. The molecule has 1 saturated heterocycles. The van der Waals surface area contributed by atoms with Crippen molar-refractivity contribution in [1.29, 1.82) is 0 Å². The van der Waals surface area contributed by atoms with E-state index in [2.05, 4.69) is 20.8 Å². The third kappa shape index (κ3) is 4.12. The number of ether oxygens (including phenoxy) is 1. The number of anilines is 1. The predicted molar refractivity (Wildman–Crippen MR) is 131 cm³/mol. The van der Waals surface area contributed by atoms with Crippen LogP contribution in [-0.2, 0) is 15.0 Å². The lowest BCUT2D eigenvalue weighted by Crippen LogP contribution is -2.29. The van der Waals surface area contributed by atoms with Gasteiger partial charge in [-0.05, 0) is 72.9 Å². The number of furan rings is 1. The zero-order valence-corrected chi connectivity index (χ0v) is 20.1. The van der Waals surface area contributed by atoms with Crippen LogP contribution in [0.5, 0.6) is 5.75 Å². The Morgan fingerprint density at radius 2 is 1.79 bits per heavy atom. The molecule has 34 heavy (non-hydrogen) atoms. The van der Waals surface area contributed by atoms with Gasteiger partial charge in [-0.2, -0.15) is 0 Å². The lowest BCUT2D eigenvalue weighted by Gasteiger charge is -2.25. The summed E-state index contributed by atoms with van der Waals surface area (Å²) in [4.78, 5) is 27.8. The molecule has 1 aliphatic rings. The van der Waals surface area contributed by atoms with E-state index in [-0.39, 0.29) is 16.7 Å². The van der Waals surface area contributed by atoms with E-state index in [1.54, 1.807) is 30.3 Å². The van der Waals surface area contributed by atoms with E-state index in [4.69, 9.17) is 9.15 Å². The number of aliphatic hydroxyl groups excluding tert-OH is 1. The molecule has 1 atom stereocenters. The SMILES string of the molecule is CCOc1ccc(/C(O)=C2/C(=O)C(=O)N(c3ccc(C(C)(C)C)cc3)C2c2ccco2)cc1C. The third-order valence-corrected chi connectivity index (χ3v) is 6.02. The average molecular weight is 460 g/mol. The van der Waals surface area contributed by atoms with Crippen molar-refractivity contribution >= 4 is 23.1 Å². The predicted octanol–water partition coefficient (Wildman–Crippen LogP) is 5.91. The fourth-order valence-corrected chi connectivity index (χ4v) is 4.21. The number of aliphatic hydroxyl groups is 1. The Labute approximate surface area is 199 Å². The molecule has 1 unspecified atom stereocenters. The van der Waals surface area contributed by atoms with Crippen molar-refractivity contribution in [3.8, 4) is 5.75 Å². The van der Waals surface area contributed by atoms with Crippen molar-refractivity contribution in [2.45, 2.75) is 46.1 Å². The highest BCUT2D eigenvalue weighted by Crippen LogP contribution is 2.43. The summed E-state index contributed by atoms with van der Waals surface area (Å²) < 4.78 is 11.2. The van der Waals surface area contributed by atoms with Crippen LogP contribution in [0, 0.1) is 6.92 Å². The maximum atomic E-state index is 13.2. The first-order valence-electron chi connectivity index (χ1n) is 11.3. The fraction of sp³-hybridized carbons (Fsp3) is 0.286. The van der Waals surface area contributed by atoms with Crippen LogP contribution in [0.25, 0.3) is 5.76 Å². The molecule has 176 valence electrons. The van der Waals surface area contributed by atoms with E-state index < -0.39 is 17.7 Å². The summed E-state index contributed by atoms with van der Waals surface area (Å²) in [5, 5.41) is 11.2. The Kier molecular flexibility index (Phi) is 6.09. The van der Waals surface area contributed by atoms with Gasteiger partial charge < -0.3 is 14.3 Å². The molecule has 0 aliphatic carbocycles. The summed E-state index contributed by atoms with van der Waals surface area (Å²) in [6.07, 6.45) is 1.49. The van der Waals surface area contributed by atoms with Crippen LogP contribution < -0.4 is 9.64 Å². The van der Waals surface area contributed by atoms with E-state index in [0.29, 0.717) is 29.4 Å². The van der Waals surface area contributed by atoms with E-state index in [1.165, 1.54) is 11.2 Å². The molecule has 1 aliphatic heterocycles. The zero-order valence-electron chi connectivity index (χ0n) is 20.1. The molecule has 6 nitrogen and oxygen atoms in total. The molecule has 0 spiro atoms. The van der Waals surface area contributed by atoms with Crippen molar-refractivity contribution in [2.24, 2.45) is 0 Å². The van der Waals surface area contributed by atoms with Crippen molar-refractivity contribution in [2.75, 3.05) is 11.5 Å². The topological polar surface area (TPSA) is 80.0 Å². The van der Waals surface area contributed by atoms with Crippen LogP contribution in [0.2, 0.25) is 0 Å². The van der Waals surface area contributed by atoms with Gasteiger partial charge in [0.2, 0.25) is 0 Å². The monoisotopic (exact) mass is 459 g/mol. The van der Waals surface area contributed by atoms with Crippen molar-refractivity contribution in [3.05, 3.63) is 88.9 Å². The maximum absolute atomic E-state index is 13.2. The number of hydrogen-bond acceptors (Lipinski definition) is 5. The van der Waals surface area contributed by atoms with E-state index >= 15 is 0 Å². The minimum Gasteiger partial charge on any atom is -0.507 e. The molecule has 1 amide bonds.